The fourth-order valence-electron chi connectivity index (χ4n) is 10.7. The molecule has 3 aliphatic rings. The summed E-state index contributed by atoms with van der Waals surface area (Å²) in [6.45, 7) is 10.5. The summed E-state index contributed by atoms with van der Waals surface area (Å²) < 4.78 is 49.4. The zero-order chi connectivity index (χ0) is 52.7. The van der Waals surface area contributed by atoms with E-state index in [-0.39, 0.29) is 5.91 Å². The van der Waals surface area contributed by atoms with Crippen molar-refractivity contribution in [2.75, 3.05) is 75.1 Å². The summed E-state index contributed by atoms with van der Waals surface area (Å²) in [4.78, 5) is 28.4. The fourth-order valence-corrected chi connectivity index (χ4v) is 12.7. The maximum Gasteiger partial charge on any atom is 0.219 e. The lowest BCUT2D eigenvalue weighted by Crippen LogP contribution is -2.48. The van der Waals surface area contributed by atoms with Crippen molar-refractivity contribution >= 4 is 92.5 Å². The number of rotatable bonds is 8. The standard InChI is InChI=1S/C15H20N2O2S.C15H14N2.C14H17ClN2O2S.C14H17N3O/c1-11-3-4-13(14-5-8-16-15(11)14)12-6-9-17(10-7-12)20(2,18)19;1-2-5-12(6-3-1)11-17-15-8-4-7-14-13(15)9-10-16-14;1-20(18,19)17-6-3-10(4-7-17)13-8-11(15)9-14-12(13)2-5-16-14;1-11(18)16-6-8-17(9-7-16)13-2-3-14-12(10-13)4-5-15-14/h3-5,8,12,16H,6-7,9-10H2,1-2H3;1-10,16-17H,11H2;2,5,8-10,16H,3-4,6-7H2,1H3;2-5,10,15H,6-9H2,1H3. The second kappa shape index (κ2) is 23.5. The number of nitrogens with zero attached hydrogens (tertiary/aromatic N) is 4. The number of amides is 1. The molecule has 12 rings (SSSR count). The molecular formula is C58H68ClN9O5S2. The van der Waals surface area contributed by atoms with E-state index in [1.807, 2.05) is 47.9 Å². The molecule has 0 unspecified atom stereocenters. The topological polar surface area (TPSA) is 173 Å². The summed E-state index contributed by atoms with van der Waals surface area (Å²) in [6.07, 6.45) is 13.9. The van der Waals surface area contributed by atoms with Crippen LogP contribution >= 0.6 is 11.6 Å². The number of halogens is 1. The van der Waals surface area contributed by atoms with Crippen LogP contribution in [0.25, 0.3) is 43.6 Å². The summed E-state index contributed by atoms with van der Waals surface area (Å²) >= 11 is 6.17. The third kappa shape index (κ3) is 13.1. The molecule has 14 nitrogen and oxygen atoms in total. The van der Waals surface area contributed by atoms with Crippen LogP contribution in [-0.2, 0) is 31.4 Å². The molecule has 3 aliphatic heterocycles. The van der Waals surface area contributed by atoms with Gasteiger partial charge in [0.2, 0.25) is 26.0 Å². The highest BCUT2D eigenvalue weighted by molar-refractivity contribution is 7.88. The van der Waals surface area contributed by atoms with Gasteiger partial charge in [0.25, 0.3) is 0 Å². The van der Waals surface area contributed by atoms with Gasteiger partial charge in [-0.2, -0.15) is 0 Å². The average Bonchev–Trinajstić information content (AvgIpc) is 4.27. The molecule has 0 aliphatic carbocycles. The van der Waals surface area contributed by atoms with Gasteiger partial charge in [0.1, 0.15) is 0 Å². The van der Waals surface area contributed by atoms with Gasteiger partial charge in [-0.25, -0.2) is 25.4 Å². The molecule has 0 atom stereocenters. The van der Waals surface area contributed by atoms with E-state index >= 15 is 0 Å². The molecule has 5 N–H and O–H groups in total. The molecule has 1 amide bonds. The van der Waals surface area contributed by atoms with E-state index in [2.05, 4.69) is 134 Å². The molecule has 17 heteroatoms. The van der Waals surface area contributed by atoms with Crippen LogP contribution < -0.4 is 10.2 Å². The zero-order valence-electron chi connectivity index (χ0n) is 43.2. The van der Waals surface area contributed by atoms with Crippen molar-refractivity contribution in [1.82, 2.24) is 33.4 Å². The minimum absolute atomic E-state index is 0.177. The summed E-state index contributed by atoms with van der Waals surface area (Å²) in [6, 6.07) is 39.8. The van der Waals surface area contributed by atoms with E-state index < -0.39 is 20.0 Å². The number of H-pyrrole nitrogens is 4. The van der Waals surface area contributed by atoms with Gasteiger partial charge in [0.15, 0.2) is 0 Å². The number of fused-ring (bicyclic) bond motifs is 4. The van der Waals surface area contributed by atoms with Crippen molar-refractivity contribution in [3.8, 4) is 0 Å². The Morgan fingerprint density at radius 2 is 1.19 bits per heavy atom. The van der Waals surface area contributed by atoms with Crippen LogP contribution in [0.5, 0.6) is 0 Å². The average molecular weight is 1070 g/mol. The minimum Gasteiger partial charge on any atom is -0.380 e. The van der Waals surface area contributed by atoms with Gasteiger partial charge in [0.05, 0.1) is 12.5 Å². The van der Waals surface area contributed by atoms with Crippen LogP contribution in [-0.4, -0.2) is 121 Å². The molecule has 3 fully saturated rings. The Morgan fingerprint density at radius 3 is 1.85 bits per heavy atom. The van der Waals surface area contributed by atoms with Gasteiger partial charge >= 0.3 is 0 Å². The van der Waals surface area contributed by atoms with Gasteiger partial charge in [-0.1, -0.05) is 60.1 Å². The van der Waals surface area contributed by atoms with Crippen molar-refractivity contribution in [2.45, 2.75) is 57.9 Å². The summed E-state index contributed by atoms with van der Waals surface area (Å²) in [5, 5.41) is 9.14. The summed E-state index contributed by atoms with van der Waals surface area (Å²) in [7, 11) is -6.11. The number of carbonyl (C=O) groups excluding carboxylic acids is 1. The number of hydrogen-bond acceptors (Lipinski definition) is 7. The second-order valence-corrected chi connectivity index (χ2v) is 24.3. The zero-order valence-corrected chi connectivity index (χ0v) is 45.5. The normalized spacial score (nSPS) is 16.3. The Morgan fingerprint density at radius 1 is 0.587 bits per heavy atom. The highest BCUT2D eigenvalue weighted by atomic mass is 35.5. The van der Waals surface area contributed by atoms with Crippen molar-refractivity contribution < 1.29 is 21.6 Å². The van der Waals surface area contributed by atoms with Crippen LogP contribution in [0.2, 0.25) is 5.02 Å². The predicted octanol–water partition coefficient (Wildman–Crippen LogP) is 11.2. The maximum atomic E-state index is 11.6. The molecule has 3 saturated heterocycles. The molecule has 4 aromatic heterocycles. The molecular weight excluding hydrogens is 1000 g/mol. The number of anilines is 2. The number of piperidine rings is 2. The fraction of sp³-hybridized carbons (Fsp3) is 0.328. The monoisotopic (exact) mass is 1070 g/mol. The van der Waals surface area contributed by atoms with Crippen molar-refractivity contribution in [2.24, 2.45) is 0 Å². The third-order valence-electron chi connectivity index (χ3n) is 14.9. The Kier molecular flexibility index (Phi) is 16.7. The van der Waals surface area contributed by atoms with E-state index in [0.29, 0.717) is 38.0 Å². The van der Waals surface area contributed by atoms with Crippen molar-refractivity contribution in [1.29, 1.82) is 0 Å². The molecule has 0 bridgehead atoms. The molecule has 5 aromatic carbocycles. The first-order chi connectivity index (χ1) is 36.1. The van der Waals surface area contributed by atoms with Crippen LogP contribution in [0, 0.1) is 6.92 Å². The number of sulfonamides is 2. The van der Waals surface area contributed by atoms with E-state index in [0.717, 1.165) is 68.9 Å². The van der Waals surface area contributed by atoms with Crippen LogP contribution in [0.1, 0.15) is 66.7 Å². The minimum atomic E-state index is -3.07. The van der Waals surface area contributed by atoms with Gasteiger partial charge in [-0.3, -0.25) is 4.79 Å². The van der Waals surface area contributed by atoms with Crippen molar-refractivity contribution in [3.63, 3.8) is 0 Å². The quantitative estimate of drug-likeness (QED) is 0.101. The molecule has 9 aromatic rings. The first kappa shape index (κ1) is 53.3. The molecule has 7 heterocycles. The number of benzene rings is 5. The lowest BCUT2D eigenvalue weighted by molar-refractivity contribution is -0.129. The second-order valence-electron chi connectivity index (χ2n) is 19.9. The van der Waals surface area contributed by atoms with Gasteiger partial charge in [-0.15, -0.1) is 0 Å². The first-order valence-corrected chi connectivity index (χ1v) is 29.8. The van der Waals surface area contributed by atoms with Crippen LogP contribution in [0.4, 0.5) is 11.4 Å². The molecule has 0 saturated carbocycles. The largest absolute Gasteiger partial charge is 0.380 e. The number of aromatic amines is 4. The Balaban J connectivity index is 0.000000123. The van der Waals surface area contributed by atoms with Gasteiger partial charge in [0, 0.05) is 151 Å². The molecule has 0 radical (unpaired) electrons. The van der Waals surface area contributed by atoms with Gasteiger partial charge in [-0.05, 0) is 133 Å². The number of aromatic nitrogens is 4. The summed E-state index contributed by atoms with van der Waals surface area (Å²) in [5.74, 6) is 0.993. The number of aryl methyl sites for hydroxylation is 1. The highest BCUT2D eigenvalue weighted by Crippen LogP contribution is 2.37. The number of hydrogen-bond donors (Lipinski definition) is 5. The Hall–Kier alpha value is -6.56. The maximum absolute atomic E-state index is 11.6. The Labute approximate surface area is 445 Å². The van der Waals surface area contributed by atoms with E-state index in [4.69, 9.17) is 11.6 Å². The number of nitrogens with one attached hydrogen (secondary N) is 5. The summed E-state index contributed by atoms with van der Waals surface area (Å²) in [5.41, 5.74) is 12.1. The molecule has 0 spiro atoms. The van der Waals surface area contributed by atoms with Crippen LogP contribution in [0.15, 0.2) is 140 Å². The Bertz CT molecular complexity index is 3590. The predicted molar refractivity (Wildman–Crippen MR) is 308 cm³/mol. The highest BCUT2D eigenvalue weighted by Gasteiger charge is 2.28. The number of piperazine rings is 1. The number of carbonyl (C=O) groups is 1. The third-order valence-corrected chi connectivity index (χ3v) is 17.7. The smallest absolute Gasteiger partial charge is 0.219 e. The van der Waals surface area contributed by atoms with Crippen molar-refractivity contribution in [3.05, 3.63) is 167 Å². The lowest BCUT2D eigenvalue weighted by atomic mass is 9.87. The molecule has 75 heavy (non-hydrogen) atoms. The SMILES string of the molecule is CC(=O)N1CCN(c2ccc3[nH]ccc3c2)CC1.CS(=O)(=O)N1CCC(c2cc(Cl)cc3[nH]ccc23)CC1.Cc1ccc(C2CCN(S(C)(=O)=O)CC2)c2cc[nH]c12.c1ccc(CNc2cccc3[nH]ccc23)cc1. The molecule has 394 valence electrons. The van der Waals surface area contributed by atoms with Crippen LogP contribution in [0.3, 0.4) is 0 Å². The van der Waals surface area contributed by atoms with E-state index in [1.54, 1.807) is 15.5 Å². The first-order valence-electron chi connectivity index (χ1n) is 25.7. The van der Waals surface area contributed by atoms with Gasteiger partial charge < -0.3 is 35.1 Å². The van der Waals surface area contributed by atoms with E-state index in [1.165, 1.54) is 84.2 Å². The van der Waals surface area contributed by atoms with E-state index in [9.17, 15) is 21.6 Å². The lowest BCUT2D eigenvalue weighted by Gasteiger charge is -2.35.